The van der Waals surface area contributed by atoms with Crippen molar-refractivity contribution in [2.45, 2.75) is 26.5 Å². The van der Waals surface area contributed by atoms with Crippen molar-refractivity contribution in [3.05, 3.63) is 61.3 Å². The molecule has 112 valence electrons. The molecule has 1 aromatic heterocycles. The van der Waals surface area contributed by atoms with E-state index < -0.39 is 11.0 Å². The van der Waals surface area contributed by atoms with Gasteiger partial charge >= 0.3 is 0 Å². The monoisotopic (exact) mass is 306 g/mol. The number of nitro groups is 1. The molecule has 0 saturated heterocycles. The highest BCUT2D eigenvalue weighted by Gasteiger charge is 2.10. The molecule has 0 aliphatic heterocycles. The van der Waals surface area contributed by atoms with Crippen molar-refractivity contribution in [2.24, 2.45) is 0 Å². The van der Waals surface area contributed by atoms with Gasteiger partial charge in [0.2, 0.25) is 0 Å². The highest BCUT2D eigenvalue weighted by Crippen LogP contribution is 2.21. The second-order valence-corrected chi connectivity index (χ2v) is 6.29. The van der Waals surface area contributed by atoms with Gasteiger partial charge in [0.05, 0.1) is 11.0 Å². The second-order valence-electron chi connectivity index (χ2n) is 4.95. The Hall–Kier alpha value is -1.76. The number of hydrogen-bond donors (Lipinski definition) is 2. The van der Waals surface area contributed by atoms with Crippen LogP contribution in [0.5, 0.6) is 0 Å². The van der Waals surface area contributed by atoms with E-state index in [2.05, 4.69) is 25.2 Å². The van der Waals surface area contributed by atoms with Gasteiger partial charge in [-0.3, -0.25) is 10.1 Å². The van der Waals surface area contributed by atoms with Gasteiger partial charge in [0.25, 0.3) is 5.69 Å². The molecular weight excluding hydrogens is 288 g/mol. The van der Waals surface area contributed by atoms with Crippen molar-refractivity contribution < 1.29 is 10.0 Å². The van der Waals surface area contributed by atoms with Crippen molar-refractivity contribution in [3.63, 3.8) is 0 Å². The number of non-ortho nitro benzene ring substituents is 1. The fraction of sp³-hybridized carbons (Fsp3) is 0.333. The van der Waals surface area contributed by atoms with E-state index in [0.717, 1.165) is 0 Å². The first kappa shape index (κ1) is 15.6. The molecule has 0 spiro atoms. The fourth-order valence-electron chi connectivity index (χ4n) is 2.00. The number of nitro benzene ring substituents is 1. The number of thiophene rings is 1. The largest absolute Gasteiger partial charge is 0.387 e. The number of rotatable bonds is 6. The van der Waals surface area contributed by atoms with Gasteiger partial charge in [0, 0.05) is 35.0 Å². The molecule has 0 bridgehead atoms. The number of benzene rings is 1. The molecule has 0 aliphatic rings. The lowest BCUT2D eigenvalue weighted by Crippen LogP contribution is -2.20. The summed E-state index contributed by atoms with van der Waals surface area (Å²) < 4.78 is 0. The summed E-state index contributed by atoms with van der Waals surface area (Å²) in [5, 5.41) is 23.8. The summed E-state index contributed by atoms with van der Waals surface area (Å²) in [5.74, 6) is 0. The van der Waals surface area contributed by atoms with Gasteiger partial charge in [-0.05, 0) is 43.2 Å². The minimum Gasteiger partial charge on any atom is -0.387 e. The highest BCUT2D eigenvalue weighted by molar-refractivity contribution is 7.12. The zero-order valence-corrected chi connectivity index (χ0v) is 12.8. The third-order valence-corrected chi connectivity index (χ3v) is 4.50. The Morgan fingerprint density at radius 2 is 2.00 bits per heavy atom. The first-order valence-corrected chi connectivity index (χ1v) is 7.48. The first-order valence-electron chi connectivity index (χ1n) is 6.66. The van der Waals surface area contributed by atoms with Gasteiger partial charge in [-0.15, -0.1) is 11.3 Å². The summed E-state index contributed by atoms with van der Waals surface area (Å²) in [6, 6.07) is 8.13. The van der Waals surface area contributed by atoms with E-state index in [0.29, 0.717) is 18.7 Å². The Bertz CT molecular complexity index is 603. The molecule has 1 unspecified atom stereocenters. The zero-order valence-electron chi connectivity index (χ0n) is 12.0. The summed E-state index contributed by atoms with van der Waals surface area (Å²) in [4.78, 5) is 12.7. The third-order valence-electron chi connectivity index (χ3n) is 3.34. The second kappa shape index (κ2) is 6.80. The van der Waals surface area contributed by atoms with Crippen molar-refractivity contribution >= 4 is 17.0 Å². The maximum Gasteiger partial charge on any atom is 0.269 e. The average molecular weight is 306 g/mol. The minimum absolute atomic E-state index is 0.0310. The van der Waals surface area contributed by atoms with E-state index >= 15 is 0 Å². The van der Waals surface area contributed by atoms with Crippen LogP contribution in [0.2, 0.25) is 0 Å². The van der Waals surface area contributed by atoms with Gasteiger partial charge < -0.3 is 10.4 Å². The predicted molar refractivity (Wildman–Crippen MR) is 83.6 cm³/mol. The Morgan fingerprint density at radius 3 is 2.52 bits per heavy atom. The molecule has 21 heavy (non-hydrogen) atoms. The lowest BCUT2D eigenvalue weighted by Gasteiger charge is -2.11. The minimum atomic E-state index is -0.673. The van der Waals surface area contributed by atoms with Crippen LogP contribution < -0.4 is 5.32 Å². The zero-order chi connectivity index (χ0) is 15.4. The van der Waals surface area contributed by atoms with E-state index in [1.54, 1.807) is 23.5 Å². The number of aliphatic hydroxyl groups excluding tert-OH is 1. The molecule has 1 heterocycles. The molecule has 1 aromatic carbocycles. The van der Waals surface area contributed by atoms with Crippen LogP contribution >= 0.6 is 11.3 Å². The van der Waals surface area contributed by atoms with E-state index in [9.17, 15) is 15.2 Å². The van der Waals surface area contributed by atoms with Gasteiger partial charge in [0.1, 0.15) is 0 Å². The topological polar surface area (TPSA) is 75.4 Å². The molecule has 6 heteroatoms. The summed E-state index contributed by atoms with van der Waals surface area (Å²) in [6.07, 6.45) is -0.673. The molecule has 0 radical (unpaired) electrons. The highest BCUT2D eigenvalue weighted by atomic mass is 32.1. The molecule has 5 nitrogen and oxygen atoms in total. The molecule has 1 atom stereocenters. The van der Waals surface area contributed by atoms with Gasteiger partial charge in [-0.25, -0.2) is 0 Å². The van der Waals surface area contributed by atoms with Crippen molar-refractivity contribution in [2.75, 3.05) is 6.54 Å². The van der Waals surface area contributed by atoms with Crippen LogP contribution in [-0.2, 0) is 6.54 Å². The third kappa shape index (κ3) is 4.10. The lowest BCUT2D eigenvalue weighted by atomic mass is 10.1. The summed E-state index contributed by atoms with van der Waals surface area (Å²) in [7, 11) is 0. The maximum atomic E-state index is 10.6. The SMILES string of the molecule is Cc1cc(CNCC(O)c2ccc([N+](=O)[O-])cc2)sc1C. The van der Waals surface area contributed by atoms with Crippen LogP contribution in [0.25, 0.3) is 0 Å². The molecule has 2 N–H and O–H groups in total. The molecule has 2 aromatic rings. The fourth-order valence-corrected chi connectivity index (χ4v) is 3.03. The molecule has 0 fully saturated rings. The Morgan fingerprint density at radius 1 is 1.33 bits per heavy atom. The Labute approximate surface area is 127 Å². The maximum absolute atomic E-state index is 10.6. The van der Waals surface area contributed by atoms with E-state index in [1.807, 2.05) is 0 Å². The van der Waals surface area contributed by atoms with E-state index in [4.69, 9.17) is 0 Å². The Kier molecular flexibility index (Phi) is 5.06. The summed E-state index contributed by atoms with van der Waals surface area (Å²) in [6.45, 7) is 5.30. The van der Waals surface area contributed by atoms with Crippen molar-refractivity contribution in [3.8, 4) is 0 Å². The number of nitrogens with one attached hydrogen (secondary N) is 1. The normalized spacial score (nSPS) is 12.3. The van der Waals surface area contributed by atoms with Crippen molar-refractivity contribution in [1.29, 1.82) is 0 Å². The molecule has 2 rings (SSSR count). The van der Waals surface area contributed by atoms with Crippen LogP contribution in [0, 0.1) is 24.0 Å². The van der Waals surface area contributed by atoms with Gasteiger partial charge in [0.15, 0.2) is 0 Å². The quantitative estimate of drug-likeness (QED) is 0.635. The molecule has 0 aliphatic carbocycles. The van der Waals surface area contributed by atoms with Crippen LogP contribution in [0.1, 0.15) is 27.0 Å². The van der Waals surface area contributed by atoms with Crippen molar-refractivity contribution in [1.82, 2.24) is 5.32 Å². The molecule has 0 amide bonds. The predicted octanol–water partition coefficient (Wildman–Crippen LogP) is 3.10. The molecule has 0 saturated carbocycles. The smallest absolute Gasteiger partial charge is 0.269 e. The number of hydrogen-bond acceptors (Lipinski definition) is 5. The van der Waals surface area contributed by atoms with E-state index in [-0.39, 0.29) is 5.69 Å². The number of aryl methyl sites for hydroxylation is 2. The van der Waals surface area contributed by atoms with E-state index in [1.165, 1.54) is 27.5 Å². The summed E-state index contributed by atoms with van der Waals surface area (Å²) in [5.41, 5.74) is 1.99. The van der Waals surface area contributed by atoms with Crippen LogP contribution in [0.4, 0.5) is 5.69 Å². The number of nitrogens with zero attached hydrogens (tertiary/aromatic N) is 1. The molecular formula is C15H18N2O3S. The van der Waals surface area contributed by atoms with Crippen LogP contribution in [0.3, 0.4) is 0 Å². The standard InChI is InChI=1S/C15H18N2O3S/c1-10-7-14(21-11(10)2)8-16-9-15(18)12-3-5-13(6-4-12)17(19)20/h3-7,15-16,18H,8-9H2,1-2H3. The first-order chi connectivity index (χ1) is 9.97. The summed E-state index contributed by atoms with van der Waals surface area (Å²) >= 11 is 1.75. The van der Waals surface area contributed by atoms with Crippen LogP contribution in [-0.4, -0.2) is 16.6 Å². The number of aliphatic hydroxyl groups is 1. The lowest BCUT2D eigenvalue weighted by molar-refractivity contribution is -0.384. The van der Waals surface area contributed by atoms with Crippen LogP contribution in [0.15, 0.2) is 30.3 Å². The Balaban J connectivity index is 1.86. The average Bonchev–Trinajstić information content (AvgIpc) is 2.77. The van der Waals surface area contributed by atoms with Gasteiger partial charge in [-0.2, -0.15) is 0 Å². The van der Waals surface area contributed by atoms with Gasteiger partial charge in [-0.1, -0.05) is 0 Å².